The molecule has 0 aliphatic carbocycles. The number of likely N-dealkylation sites (tertiary alicyclic amines) is 1. The Morgan fingerprint density at radius 1 is 1.27 bits per heavy atom. The molecule has 2 rings (SSSR count). The summed E-state index contributed by atoms with van der Waals surface area (Å²) in [5, 5.41) is 12.1. The van der Waals surface area contributed by atoms with Gasteiger partial charge in [-0.3, -0.25) is 4.79 Å². The minimum absolute atomic E-state index is 0.139. The van der Waals surface area contributed by atoms with E-state index in [1.807, 2.05) is 19.9 Å². The van der Waals surface area contributed by atoms with E-state index in [9.17, 15) is 22.8 Å². The quantitative estimate of drug-likeness (QED) is 0.823. The lowest BCUT2D eigenvalue weighted by Crippen LogP contribution is -2.44. The fraction of sp³-hybridized carbons (Fsp3) is 0.529. The Morgan fingerprint density at radius 3 is 2.38 bits per heavy atom. The summed E-state index contributed by atoms with van der Waals surface area (Å²) < 4.78 is 39.0. The molecule has 1 heterocycles. The largest absolute Gasteiger partial charge is 0.481 e. The van der Waals surface area contributed by atoms with Gasteiger partial charge in [0.2, 0.25) is 0 Å². The zero-order valence-corrected chi connectivity index (χ0v) is 15.1. The number of amides is 2. The molecule has 144 valence electrons. The second-order valence-corrected chi connectivity index (χ2v) is 7.43. The fourth-order valence-electron chi connectivity index (χ4n) is 3.07. The lowest BCUT2D eigenvalue weighted by Gasteiger charge is -2.28. The molecular formula is C17H20ClF3N2O3. The molecule has 1 aliphatic rings. The summed E-state index contributed by atoms with van der Waals surface area (Å²) in [5.74, 6) is -5.28. The van der Waals surface area contributed by atoms with Crippen LogP contribution in [0.15, 0.2) is 24.3 Å². The van der Waals surface area contributed by atoms with Crippen molar-refractivity contribution in [1.29, 1.82) is 0 Å². The number of benzene rings is 1. The van der Waals surface area contributed by atoms with Gasteiger partial charge in [0.25, 0.3) is 0 Å². The van der Waals surface area contributed by atoms with Crippen molar-refractivity contribution < 1.29 is 27.9 Å². The molecule has 2 N–H and O–H groups in total. The van der Waals surface area contributed by atoms with Gasteiger partial charge in [0.15, 0.2) is 0 Å². The number of urea groups is 1. The molecule has 2 atom stereocenters. The van der Waals surface area contributed by atoms with E-state index in [0.717, 1.165) is 10.5 Å². The van der Waals surface area contributed by atoms with Crippen LogP contribution in [0, 0.1) is 11.8 Å². The normalized spacial score (nSPS) is 20.9. The number of carbonyl (C=O) groups excluding carboxylic acids is 1. The number of nitrogens with zero attached hydrogens (tertiary/aromatic N) is 1. The van der Waals surface area contributed by atoms with Crippen LogP contribution >= 0.6 is 11.6 Å². The highest BCUT2D eigenvalue weighted by atomic mass is 35.5. The molecule has 9 heteroatoms. The zero-order chi connectivity index (χ0) is 19.7. The maximum Gasteiger partial charge on any atom is 0.394 e. The smallest absolute Gasteiger partial charge is 0.394 e. The van der Waals surface area contributed by atoms with Crippen LogP contribution in [0.1, 0.15) is 19.4 Å². The molecule has 2 amide bonds. The van der Waals surface area contributed by atoms with Crippen molar-refractivity contribution in [2.24, 2.45) is 11.8 Å². The van der Waals surface area contributed by atoms with Gasteiger partial charge in [-0.15, -0.1) is 0 Å². The highest BCUT2D eigenvalue weighted by molar-refractivity contribution is 6.31. The summed E-state index contributed by atoms with van der Waals surface area (Å²) in [5.41, 5.74) is 0.239. The van der Waals surface area contributed by atoms with E-state index in [4.69, 9.17) is 16.7 Å². The second-order valence-electron chi connectivity index (χ2n) is 7.02. The monoisotopic (exact) mass is 392 g/mol. The number of hydrogen-bond acceptors (Lipinski definition) is 2. The number of nitrogens with one attached hydrogen (secondary N) is 1. The van der Waals surface area contributed by atoms with Crippen molar-refractivity contribution in [2.75, 3.05) is 19.6 Å². The number of alkyl halides is 3. The summed E-state index contributed by atoms with van der Waals surface area (Å²) in [6, 6.07) is 6.38. The van der Waals surface area contributed by atoms with E-state index in [-0.39, 0.29) is 6.54 Å². The third-order valence-corrected chi connectivity index (χ3v) is 4.96. The maximum atomic E-state index is 13.0. The Hall–Kier alpha value is -1.96. The first kappa shape index (κ1) is 20.4. The topological polar surface area (TPSA) is 69.6 Å². The van der Waals surface area contributed by atoms with Gasteiger partial charge < -0.3 is 15.3 Å². The van der Waals surface area contributed by atoms with Crippen LogP contribution in [0.4, 0.5) is 18.0 Å². The van der Waals surface area contributed by atoms with Gasteiger partial charge in [-0.25, -0.2) is 4.79 Å². The number of carboxylic acids is 1. The Morgan fingerprint density at radius 2 is 1.88 bits per heavy atom. The number of carbonyl (C=O) groups is 2. The Balaban J connectivity index is 2.04. The van der Waals surface area contributed by atoms with E-state index in [1.54, 1.807) is 18.2 Å². The van der Waals surface area contributed by atoms with Gasteiger partial charge in [0.1, 0.15) is 0 Å². The average molecular weight is 393 g/mol. The minimum Gasteiger partial charge on any atom is -0.481 e. The molecule has 1 aliphatic heterocycles. The summed E-state index contributed by atoms with van der Waals surface area (Å²) in [6.07, 6.45) is -4.67. The van der Waals surface area contributed by atoms with Crippen LogP contribution in [-0.4, -0.2) is 47.8 Å². The van der Waals surface area contributed by atoms with E-state index < -0.39 is 48.5 Å². The fourth-order valence-corrected chi connectivity index (χ4v) is 3.46. The summed E-state index contributed by atoms with van der Waals surface area (Å²) in [7, 11) is 0. The van der Waals surface area contributed by atoms with Crippen LogP contribution in [0.3, 0.4) is 0 Å². The average Bonchev–Trinajstić information content (AvgIpc) is 2.99. The first-order valence-electron chi connectivity index (χ1n) is 8.01. The first-order chi connectivity index (χ1) is 11.9. The Bertz CT molecular complexity index is 694. The van der Waals surface area contributed by atoms with Gasteiger partial charge in [-0.05, 0) is 11.6 Å². The molecule has 0 aromatic heterocycles. The maximum absolute atomic E-state index is 13.0. The number of hydrogen-bond donors (Lipinski definition) is 2. The minimum atomic E-state index is -4.67. The molecule has 1 fully saturated rings. The molecule has 1 aromatic rings. The van der Waals surface area contributed by atoms with E-state index in [2.05, 4.69) is 5.32 Å². The molecule has 0 unspecified atom stereocenters. The molecule has 1 saturated heterocycles. The van der Waals surface area contributed by atoms with E-state index in [0.29, 0.717) is 5.02 Å². The third-order valence-electron chi connectivity index (χ3n) is 4.63. The van der Waals surface area contributed by atoms with Crippen LogP contribution in [0.2, 0.25) is 5.02 Å². The zero-order valence-electron chi connectivity index (χ0n) is 14.3. The van der Waals surface area contributed by atoms with Crippen molar-refractivity contribution in [3.8, 4) is 0 Å². The van der Waals surface area contributed by atoms with Crippen LogP contribution < -0.4 is 5.32 Å². The van der Waals surface area contributed by atoms with Gasteiger partial charge in [0, 0.05) is 30.1 Å². The van der Waals surface area contributed by atoms with E-state index >= 15 is 0 Å². The lowest BCUT2D eigenvalue weighted by atomic mass is 9.84. The van der Waals surface area contributed by atoms with Crippen molar-refractivity contribution in [3.05, 3.63) is 34.9 Å². The first-order valence-corrected chi connectivity index (χ1v) is 8.38. The van der Waals surface area contributed by atoms with Gasteiger partial charge in [-0.2, -0.15) is 13.2 Å². The number of carboxylic acid groups (broad SMARTS) is 1. The second kappa shape index (κ2) is 7.34. The van der Waals surface area contributed by atoms with Crippen LogP contribution in [0.25, 0.3) is 0 Å². The molecule has 26 heavy (non-hydrogen) atoms. The van der Waals surface area contributed by atoms with Crippen molar-refractivity contribution in [3.63, 3.8) is 0 Å². The van der Waals surface area contributed by atoms with Crippen molar-refractivity contribution in [1.82, 2.24) is 10.2 Å². The molecule has 1 aromatic carbocycles. The number of rotatable bonds is 4. The summed E-state index contributed by atoms with van der Waals surface area (Å²) >= 11 is 6.16. The molecule has 5 nitrogen and oxygen atoms in total. The van der Waals surface area contributed by atoms with Crippen LogP contribution in [0.5, 0.6) is 0 Å². The molecule has 0 radical (unpaired) electrons. The highest BCUT2D eigenvalue weighted by Crippen LogP contribution is 2.37. The highest BCUT2D eigenvalue weighted by Gasteiger charge is 2.53. The molecular weight excluding hydrogens is 373 g/mol. The Labute approximate surface area is 154 Å². The standard InChI is InChI=1S/C17H20ClF3N2O3/c1-16(2,11-5-3-4-6-13(11)18)9-22-15(26)23-7-10(14(24)25)12(8-23)17(19,20)21/h3-6,10,12H,7-9H2,1-2H3,(H,22,26)(H,24,25)/t10-,12-/m1/s1. The Kier molecular flexibility index (Phi) is 5.75. The SMILES string of the molecule is CC(C)(CNC(=O)N1C[C@@H](C(F)(F)F)[C@H](C(=O)O)C1)c1ccccc1Cl. The van der Waals surface area contributed by atoms with Gasteiger partial charge in [-0.1, -0.05) is 43.6 Å². The van der Waals surface area contributed by atoms with Crippen molar-refractivity contribution >= 4 is 23.6 Å². The predicted octanol–water partition coefficient (Wildman–Crippen LogP) is 3.52. The third kappa shape index (κ3) is 4.41. The number of halogens is 4. The molecule has 0 spiro atoms. The summed E-state index contributed by atoms with van der Waals surface area (Å²) in [4.78, 5) is 24.3. The number of aliphatic carboxylic acids is 1. The van der Waals surface area contributed by atoms with E-state index in [1.165, 1.54) is 0 Å². The molecule has 0 bridgehead atoms. The summed E-state index contributed by atoms with van der Waals surface area (Å²) in [6.45, 7) is 2.69. The predicted molar refractivity (Wildman–Crippen MR) is 90.1 cm³/mol. The lowest BCUT2D eigenvalue weighted by molar-refractivity contribution is -0.187. The molecule has 0 saturated carbocycles. The van der Waals surface area contributed by atoms with Gasteiger partial charge in [0.05, 0.1) is 11.8 Å². The van der Waals surface area contributed by atoms with Crippen LogP contribution in [-0.2, 0) is 10.2 Å². The van der Waals surface area contributed by atoms with Crippen molar-refractivity contribution in [2.45, 2.75) is 25.4 Å². The van der Waals surface area contributed by atoms with Gasteiger partial charge >= 0.3 is 18.2 Å².